The minimum absolute atomic E-state index is 0.165. The first-order valence-corrected chi connectivity index (χ1v) is 8.78. The highest BCUT2D eigenvalue weighted by molar-refractivity contribution is 6.56. The SMILES string of the molecule is CCOc1cc(F)cc(C=C(CNC(C)=O)B2OC(C)(C)C(C)(C)O2)c1. The third-order valence-electron chi connectivity index (χ3n) is 4.65. The van der Waals surface area contributed by atoms with E-state index in [9.17, 15) is 9.18 Å². The first-order valence-electron chi connectivity index (χ1n) is 8.78. The standard InChI is InChI=1S/C19H27BFNO4/c1-7-24-17-10-14(9-16(21)11-17)8-15(12-22-13(2)23)20-25-18(3,4)19(5,6)26-20/h8-11H,7,12H2,1-6H3,(H,22,23). The number of halogens is 1. The van der Waals surface area contributed by atoms with Crippen molar-refractivity contribution in [1.82, 2.24) is 5.32 Å². The lowest BCUT2D eigenvalue weighted by atomic mass is 9.77. The molecule has 5 nitrogen and oxygen atoms in total. The van der Waals surface area contributed by atoms with Gasteiger partial charge in [0.1, 0.15) is 11.6 Å². The summed E-state index contributed by atoms with van der Waals surface area (Å²) < 4.78 is 31.4. The Morgan fingerprint density at radius 2 is 1.85 bits per heavy atom. The van der Waals surface area contributed by atoms with Crippen molar-refractivity contribution in [2.24, 2.45) is 0 Å². The number of amides is 1. The van der Waals surface area contributed by atoms with E-state index < -0.39 is 24.1 Å². The fourth-order valence-corrected chi connectivity index (χ4v) is 2.56. The van der Waals surface area contributed by atoms with Gasteiger partial charge in [-0.05, 0) is 57.8 Å². The van der Waals surface area contributed by atoms with Gasteiger partial charge >= 0.3 is 7.12 Å². The molecule has 1 aromatic carbocycles. The maximum absolute atomic E-state index is 13.9. The third kappa shape index (κ3) is 4.86. The summed E-state index contributed by atoms with van der Waals surface area (Å²) in [6.45, 7) is 11.8. The van der Waals surface area contributed by atoms with Gasteiger partial charge in [-0.15, -0.1) is 0 Å². The summed E-state index contributed by atoms with van der Waals surface area (Å²) in [7, 11) is -0.634. The zero-order chi connectivity index (χ0) is 19.5. The molecule has 1 amide bonds. The van der Waals surface area contributed by atoms with Crippen LogP contribution in [-0.2, 0) is 14.1 Å². The van der Waals surface area contributed by atoms with Crippen LogP contribution < -0.4 is 10.1 Å². The zero-order valence-corrected chi connectivity index (χ0v) is 16.3. The predicted molar refractivity (Wildman–Crippen MR) is 100 cm³/mol. The van der Waals surface area contributed by atoms with Crippen LogP contribution in [0, 0.1) is 5.82 Å². The molecule has 1 aliphatic heterocycles. The predicted octanol–water partition coefficient (Wildman–Crippen LogP) is 3.38. The first-order chi connectivity index (χ1) is 12.0. The van der Waals surface area contributed by atoms with Crippen LogP contribution in [0.5, 0.6) is 5.75 Å². The molecule has 1 fully saturated rings. The number of benzene rings is 1. The zero-order valence-electron chi connectivity index (χ0n) is 16.3. The minimum Gasteiger partial charge on any atom is -0.494 e. The van der Waals surface area contributed by atoms with E-state index >= 15 is 0 Å². The van der Waals surface area contributed by atoms with Crippen molar-refractivity contribution < 1.29 is 23.2 Å². The van der Waals surface area contributed by atoms with E-state index in [0.29, 0.717) is 23.4 Å². The van der Waals surface area contributed by atoms with E-state index in [1.807, 2.05) is 34.6 Å². The van der Waals surface area contributed by atoms with Crippen LogP contribution in [0.4, 0.5) is 4.39 Å². The second-order valence-corrected chi connectivity index (χ2v) is 7.37. The normalized spacial score (nSPS) is 18.7. The van der Waals surface area contributed by atoms with Gasteiger partial charge in [0.2, 0.25) is 5.91 Å². The van der Waals surface area contributed by atoms with Gasteiger partial charge in [-0.1, -0.05) is 6.08 Å². The molecule has 0 radical (unpaired) electrons. The lowest BCUT2D eigenvalue weighted by Gasteiger charge is -2.32. The van der Waals surface area contributed by atoms with Crippen molar-refractivity contribution in [1.29, 1.82) is 0 Å². The highest BCUT2D eigenvalue weighted by Crippen LogP contribution is 2.38. The van der Waals surface area contributed by atoms with E-state index in [4.69, 9.17) is 14.0 Å². The van der Waals surface area contributed by atoms with Gasteiger partial charge in [-0.25, -0.2) is 4.39 Å². The number of nitrogens with one attached hydrogen (secondary N) is 1. The van der Waals surface area contributed by atoms with Crippen LogP contribution in [0.1, 0.15) is 47.1 Å². The average Bonchev–Trinajstić information content (AvgIpc) is 2.71. The Labute approximate surface area is 155 Å². The quantitative estimate of drug-likeness (QED) is 0.788. The number of carbonyl (C=O) groups is 1. The first kappa shape index (κ1) is 20.5. The molecular formula is C19H27BFNO4. The van der Waals surface area contributed by atoms with Crippen molar-refractivity contribution in [2.75, 3.05) is 13.2 Å². The number of ether oxygens (including phenoxy) is 1. The molecule has 0 atom stereocenters. The van der Waals surface area contributed by atoms with E-state index in [2.05, 4.69) is 5.32 Å². The number of hydrogen-bond donors (Lipinski definition) is 1. The molecule has 0 unspecified atom stereocenters. The van der Waals surface area contributed by atoms with Gasteiger partial charge in [0.05, 0.1) is 17.8 Å². The summed E-state index contributed by atoms with van der Waals surface area (Å²) in [6, 6.07) is 4.48. The summed E-state index contributed by atoms with van der Waals surface area (Å²) in [6.07, 6.45) is 1.77. The Kier molecular flexibility index (Phi) is 6.14. The topological polar surface area (TPSA) is 56.8 Å². The molecule has 1 aliphatic rings. The van der Waals surface area contributed by atoms with Crippen LogP contribution >= 0.6 is 0 Å². The second kappa shape index (κ2) is 7.80. The molecule has 0 bridgehead atoms. The molecule has 26 heavy (non-hydrogen) atoms. The van der Waals surface area contributed by atoms with Crippen LogP contribution in [0.2, 0.25) is 0 Å². The summed E-state index contributed by atoms with van der Waals surface area (Å²) in [4.78, 5) is 11.4. The van der Waals surface area contributed by atoms with Gasteiger partial charge in [0.15, 0.2) is 0 Å². The van der Waals surface area contributed by atoms with Gasteiger partial charge in [0, 0.05) is 19.5 Å². The maximum Gasteiger partial charge on any atom is 0.492 e. The van der Waals surface area contributed by atoms with E-state index in [1.54, 1.807) is 12.1 Å². The summed E-state index contributed by atoms with van der Waals surface area (Å²) in [5.41, 5.74) is 0.298. The second-order valence-electron chi connectivity index (χ2n) is 7.37. The lowest BCUT2D eigenvalue weighted by Crippen LogP contribution is -2.41. The van der Waals surface area contributed by atoms with Crippen molar-refractivity contribution >= 4 is 19.1 Å². The molecule has 1 aromatic rings. The lowest BCUT2D eigenvalue weighted by molar-refractivity contribution is -0.118. The molecule has 2 rings (SSSR count). The Hall–Kier alpha value is -1.86. The number of rotatable bonds is 6. The largest absolute Gasteiger partial charge is 0.494 e. The Morgan fingerprint density at radius 1 is 1.23 bits per heavy atom. The summed E-state index contributed by atoms with van der Waals surface area (Å²) >= 11 is 0. The van der Waals surface area contributed by atoms with Gasteiger partial charge < -0.3 is 19.4 Å². The van der Waals surface area contributed by atoms with Crippen molar-refractivity contribution in [3.05, 3.63) is 35.1 Å². The third-order valence-corrected chi connectivity index (χ3v) is 4.65. The maximum atomic E-state index is 13.9. The van der Waals surface area contributed by atoms with E-state index in [0.717, 1.165) is 0 Å². The molecule has 0 saturated carbocycles. The molecule has 142 valence electrons. The van der Waals surface area contributed by atoms with Crippen molar-refractivity contribution in [3.8, 4) is 5.75 Å². The highest BCUT2D eigenvalue weighted by atomic mass is 19.1. The van der Waals surface area contributed by atoms with Crippen LogP contribution in [0.25, 0.3) is 6.08 Å². The Bertz CT molecular complexity index is 687. The molecule has 1 heterocycles. The molecule has 0 aromatic heterocycles. The fourth-order valence-electron chi connectivity index (χ4n) is 2.56. The van der Waals surface area contributed by atoms with Gasteiger partial charge in [-0.2, -0.15) is 0 Å². The number of hydrogen-bond acceptors (Lipinski definition) is 4. The van der Waals surface area contributed by atoms with Crippen LogP contribution in [0.3, 0.4) is 0 Å². The number of carbonyl (C=O) groups excluding carboxylic acids is 1. The molecular weight excluding hydrogens is 336 g/mol. The highest BCUT2D eigenvalue weighted by Gasteiger charge is 2.52. The smallest absolute Gasteiger partial charge is 0.492 e. The molecule has 0 aliphatic carbocycles. The van der Waals surface area contributed by atoms with E-state index in [1.165, 1.54) is 19.1 Å². The molecule has 0 spiro atoms. The average molecular weight is 363 g/mol. The molecule has 1 saturated heterocycles. The minimum atomic E-state index is -0.634. The fraction of sp³-hybridized carbons (Fsp3) is 0.526. The van der Waals surface area contributed by atoms with Gasteiger partial charge in [-0.3, -0.25) is 4.79 Å². The van der Waals surface area contributed by atoms with E-state index in [-0.39, 0.29) is 12.5 Å². The Balaban J connectivity index is 2.36. The molecule has 7 heteroatoms. The Morgan fingerprint density at radius 3 is 2.38 bits per heavy atom. The van der Waals surface area contributed by atoms with Crippen molar-refractivity contribution in [2.45, 2.75) is 52.7 Å². The summed E-state index contributed by atoms with van der Waals surface area (Å²) in [5, 5.41) is 2.76. The summed E-state index contributed by atoms with van der Waals surface area (Å²) in [5.74, 6) is -0.108. The monoisotopic (exact) mass is 363 g/mol. The molecule has 1 N–H and O–H groups in total. The van der Waals surface area contributed by atoms with Gasteiger partial charge in [0.25, 0.3) is 0 Å². The van der Waals surface area contributed by atoms with Crippen LogP contribution in [0.15, 0.2) is 23.7 Å². The van der Waals surface area contributed by atoms with Crippen molar-refractivity contribution in [3.63, 3.8) is 0 Å². The van der Waals surface area contributed by atoms with Crippen LogP contribution in [-0.4, -0.2) is 37.4 Å².